The minimum absolute atomic E-state index is 0.485. The van der Waals surface area contributed by atoms with E-state index < -0.39 is 0 Å². The summed E-state index contributed by atoms with van der Waals surface area (Å²) in [5, 5.41) is 6.89. The molecule has 0 aliphatic heterocycles. The Morgan fingerprint density at radius 2 is 2.06 bits per heavy atom. The van der Waals surface area contributed by atoms with Gasteiger partial charge in [0.15, 0.2) is 0 Å². The molecule has 0 aliphatic rings. The van der Waals surface area contributed by atoms with Gasteiger partial charge in [-0.2, -0.15) is 0 Å². The number of nitrogens with zero attached hydrogens (tertiary/aromatic N) is 1. The fraction of sp³-hybridized carbons (Fsp3) is 0.400. The standard InChI is InChI=1S/C15H20N2S/c1-2-8-16-14(12-15-17-9-10-18-15)11-13-6-4-3-5-7-13/h3-7,9-10,14,16H,2,8,11-12H2,1H3. The van der Waals surface area contributed by atoms with E-state index in [0.717, 1.165) is 19.4 Å². The molecule has 1 aromatic heterocycles. The van der Waals surface area contributed by atoms with Crippen LogP contribution in [0.4, 0.5) is 0 Å². The molecule has 1 N–H and O–H groups in total. The third-order valence-electron chi connectivity index (χ3n) is 2.91. The van der Waals surface area contributed by atoms with Gasteiger partial charge in [0.1, 0.15) is 0 Å². The van der Waals surface area contributed by atoms with Crippen molar-refractivity contribution in [3.05, 3.63) is 52.5 Å². The van der Waals surface area contributed by atoms with Crippen LogP contribution in [0.3, 0.4) is 0 Å². The van der Waals surface area contributed by atoms with E-state index in [1.165, 1.54) is 17.0 Å². The predicted molar refractivity (Wildman–Crippen MR) is 78.0 cm³/mol. The molecule has 1 unspecified atom stereocenters. The average molecular weight is 260 g/mol. The SMILES string of the molecule is CCCNC(Cc1ccccc1)Cc1nccs1. The molecule has 3 heteroatoms. The van der Waals surface area contributed by atoms with Gasteiger partial charge < -0.3 is 5.32 Å². The van der Waals surface area contributed by atoms with Gasteiger partial charge in [-0.05, 0) is 24.9 Å². The molecule has 0 radical (unpaired) electrons. The van der Waals surface area contributed by atoms with Crippen molar-refractivity contribution in [2.75, 3.05) is 6.54 Å². The number of hydrogen-bond donors (Lipinski definition) is 1. The minimum Gasteiger partial charge on any atom is -0.313 e. The lowest BCUT2D eigenvalue weighted by atomic mass is 10.0. The summed E-state index contributed by atoms with van der Waals surface area (Å²) >= 11 is 1.74. The van der Waals surface area contributed by atoms with Gasteiger partial charge >= 0.3 is 0 Å². The molecular formula is C15H20N2S. The van der Waals surface area contributed by atoms with Crippen molar-refractivity contribution in [2.24, 2.45) is 0 Å². The maximum atomic E-state index is 4.38. The van der Waals surface area contributed by atoms with Gasteiger partial charge in [0.05, 0.1) is 5.01 Å². The predicted octanol–water partition coefficient (Wildman–Crippen LogP) is 3.30. The molecule has 1 heterocycles. The number of rotatable bonds is 7. The summed E-state index contributed by atoms with van der Waals surface area (Å²) < 4.78 is 0. The highest BCUT2D eigenvalue weighted by atomic mass is 32.1. The third-order valence-corrected chi connectivity index (χ3v) is 3.71. The minimum atomic E-state index is 0.485. The molecule has 96 valence electrons. The summed E-state index contributed by atoms with van der Waals surface area (Å²) in [5.41, 5.74) is 1.39. The van der Waals surface area contributed by atoms with Gasteiger partial charge in [0, 0.05) is 24.0 Å². The Morgan fingerprint density at radius 1 is 1.22 bits per heavy atom. The van der Waals surface area contributed by atoms with Crippen LogP contribution in [0.5, 0.6) is 0 Å². The molecule has 0 fully saturated rings. The average Bonchev–Trinajstić information content (AvgIpc) is 2.90. The highest BCUT2D eigenvalue weighted by molar-refractivity contribution is 7.09. The summed E-state index contributed by atoms with van der Waals surface area (Å²) in [4.78, 5) is 4.38. The number of hydrogen-bond acceptors (Lipinski definition) is 3. The molecular weight excluding hydrogens is 240 g/mol. The van der Waals surface area contributed by atoms with Crippen molar-refractivity contribution in [2.45, 2.75) is 32.2 Å². The summed E-state index contributed by atoms with van der Waals surface area (Å²) in [6.07, 6.45) is 5.15. The smallest absolute Gasteiger partial charge is 0.0940 e. The van der Waals surface area contributed by atoms with Crippen LogP contribution >= 0.6 is 11.3 Å². The quantitative estimate of drug-likeness (QED) is 0.826. The molecule has 0 aliphatic carbocycles. The molecule has 2 nitrogen and oxygen atoms in total. The zero-order valence-electron chi connectivity index (χ0n) is 10.8. The van der Waals surface area contributed by atoms with E-state index in [-0.39, 0.29) is 0 Å². The summed E-state index contributed by atoms with van der Waals surface area (Å²) in [6.45, 7) is 3.28. The molecule has 1 aromatic carbocycles. The Morgan fingerprint density at radius 3 is 2.72 bits per heavy atom. The molecule has 0 bridgehead atoms. The van der Waals surface area contributed by atoms with Crippen molar-refractivity contribution in [3.8, 4) is 0 Å². The first-order chi connectivity index (χ1) is 8.88. The fourth-order valence-electron chi connectivity index (χ4n) is 2.03. The van der Waals surface area contributed by atoms with Crippen LogP contribution < -0.4 is 5.32 Å². The van der Waals surface area contributed by atoms with Gasteiger partial charge in [-0.1, -0.05) is 37.3 Å². The zero-order valence-corrected chi connectivity index (χ0v) is 11.6. The Balaban J connectivity index is 1.96. The van der Waals surface area contributed by atoms with Gasteiger partial charge in [-0.15, -0.1) is 11.3 Å². The van der Waals surface area contributed by atoms with Crippen molar-refractivity contribution >= 4 is 11.3 Å². The number of aromatic nitrogens is 1. The molecule has 0 saturated carbocycles. The number of nitrogens with one attached hydrogen (secondary N) is 1. The van der Waals surface area contributed by atoms with E-state index in [4.69, 9.17) is 0 Å². The Labute approximate surface area is 113 Å². The largest absolute Gasteiger partial charge is 0.313 e. The van der Waals surface area contributed by atoms with E-state index in [2.05, 4.69) is 52.9 Å². The summed E-state index contributed by atoms with van der Waals surface area (Å²) in [6, 6.07) is 11.2. The zero-order chi connectivity index (χ0) is 12.6. The highest BCUT2D eigenvalue weighted by Crippen LogP contribution is 2.11. The van der Waals surface area contributed by atoms with Crippen LogP contribution in [0.25, 0.3) is 0 Å². The molecule has 0 amide bonds. The van der Waals surface area contributed by atoms with Crippen LogP contribution in [0.1, 0.15) is 23.9 Å². The first-order valence-electron chi connectivity index (χ1n) is 6.54. The van der Waals surface area contributed by atoms with E-state index in [0.29, 0.717) is 6.04 Å². The lowest BCUT2D eigenvalue weighted by Gasteiger charge is -2.17. The van der Waals surface area contributed by atoms with Crippen LogP contribution in [0.15, 0.2) is 41.9 Å². The second-order valence-electron chi connectivity index (χ2n) is 4.47. The van der Waals surface area contributed by atoms with E-state index >= 15 is 0 Å². The van der Waals surface area contributed by atoms with Crippen molar-refractivity contribution < 1.29 is 0 Å². The Hall–Kier alpha value is -1.19. The molecule has 1 atom stereocenters. The third kappa shape index (κ3) is 4.24. The first-order valence-corrected chi connectivity index (χ1v) is 7.42. The molecule has 18 heavy (non-hydrogen) atoms. The van der Waals surface area contributed by atoms with Crippen molar-refractivity contribution in [1.82, 2.24) is 10.3 Å². The molecule has 0 saturated heterocycles. The Kier molecular flexibility index (Phi) is 5.36. The second kappa shape index (κ2) is 7.29. The van der Waals surface area contributed by atoms with Gasteiger partial charge in [0.25, 0.3) is 0 Å². The van der Waals surface area contributed by atoms with Crippen LogP contribution in [0, 0.1) is 0 Å². The monoisotopic (exact) mass is 260 g/mol. The maximum Gasteiger partial charge on any atom is 0.0940 e. The maximum absolute atomic E-state index is 4.38. The van der Waals surface area contributed by atoms with Crippen molar-refractivity contribution in [3.63, 3.8) is 0 Å². The van der Waals surface area contributed by atoms with Crippen LogP contribution in [-0.2, 0) is 12.8 Å². The summed E-state index contributed by atoms with van der Waals surface area (Å²) in [5.74, 6) is 0. The van der Waals surface area contributed by atoms with E-state index in [9.17, 15) is 0 Å². The topological polar surface area (TPSA) is 24.9 Å². The highest BCUT2D eigenvalue weighted by Gasteiger charge is 2.11. The van der Waals surface area contributed by atoms with Gasteiger partial charge in [-0.25, -0.2) is 4.98 Å². The van der Waals surface area contributed by atoms with Gasteiger partial charge in [0.2, 0.25) is 0 Å². The van der Waals surface area contributed by atoms with Gasteiger partial charge in [-0.3, -0.25) is 0 Å². The number of benzene rings is 1. The number of thiazole rings is 1. The molecule has 2 aromatic rings. The Bertz CT molecular complexity index is 425. The second-order valence-corrected chi connectivity index (χ2v) is 5.45. The van der Waals surface area contributed by atoms with Crippen LogP contribution in [0.2, 0.25) is 0 Å². The van der Waals surface area contributed by atoms with Crippen LogP contribution in [-0.4, -0.2) is 17.6 Å². The fourth-order valence-corrected chi connectivity index (χ4v) is 2.73. The normalized spacial score (nSPS) is 12.5. The molecule has 0 spiro atoms. The first kappa shape index (κ1) is 13.2. The molecule has 2 rings (SSSR count). The lowest BCUT2D eigenvalue weighted by Crippen LogP contribution is -2.33. The van der Waals surface area contributed by atoms with E-state index in [1.54, 1.807) is 11.3 Å². The lowest BCUT2D eigenvalue weighted by molar-refractivity contribution is 0.504. The van der Waals surface area contributed by atoms with E-state index in [1.807, 2.05) is 6.20 Å². The van der Waals surface area contributed by atoms with Crippen molar-refractivity contribution in [1.29, 1.82) is 0 Å². The summed E-state index contributed by atoms with van der Waals surface area (Å²) in [7, 11) is 0.